The van der Waals surface area contributed by atoms with Crippen molar-refractivity contribution >= 4 is 10.9 Å². The fourth-order valence-corrected chi connectivity index (χ4v) is 2.33. The van der Waals surface area contributed by atoms with Gasteiger partial charge in [0.2, 0.25) is 0 Å². The van der Waals surface area contributed by atoms with E-state index in [1.165, 1.54) is 0 Å². The number of aromatic amines is 1. The van der Waals surface area contributed by atoms with Crippen molar-refractivity contribution in [3.05, 3.63) is 42.4 Å². The number of benzene rings is 1. The zero-order valence-electron chi connectivity index (χ0n) is 11.6. The van der Waals surface area contributed by atoms with Crippen molar-refractivity contribution in [1.29, 1.82) is 0 Å². The van der Waals surface area contributed by atoms with Crippen LogP contribution in [0.5, 0.6) is 11.8 Å². The number of rotatable bonds is 4. The van der Waals surface area contributed by atoms with Crippen LogP contribution in [0.15, 0.2) is 36.7 Å². The maximum atomic E-state index is 5.94. The molecule has 5 heteroatoms. The van der Waals surface area contributed by atoms with Gasteiger partial charge in [-0.05, 0) is 37.4 Å². The number of ether oxygens (including phenoxy) is 1. The van der Waals surface area contributed by atoms with Crippen LogP contribution in [0.3, 0.4) is 0 Å². The quantitative estimate of drug-likeness (QED) is 0.765. The third-order valence-corrected chi connectivity index (χ3v) is 3.37. The molecule has 5 nitrogen and oxygen atoms in total. The van der Waals surface area contributed by atoms with Crippen LogP contribution in [0, 0.1) is 0 Å². The van der Waals surface area contributed by atoms with E-state index in [-0.39, 0.29) is 6.04 Å². The summed E-state index contributed by atoms with van der Waals surface area (Å²) < 4.78 is 7.87. The molecule has 20 heavy (non-hydrogen) atoms. The Morgan fingerprint density at radius 1 is 1.40 bits per heavy atom. The molecule has 1 unspecified atom stereocenters. The first-order valence-electron chi connectivity index (χ1n) is 6.75. The van der Waals surface area contributed by atoms with Crippen molar-refractivity contribution < 1.29 is 4.74 Å². The van der Waals surface area contributed by atoms with Gasteiger partial charge in [0.1, 0.15) is 5.75 Å². The lowest BCUT2D eigenvalue weighted by Crippen LogP contribution is -2.12. The number of fused-ring (bicyclic) bond motifs is 1. The normalized spacial score (nSPS) is 12.8. The minimum atomic E-state index is -0.0642. The van der Waals surface area contributed by atoms with Gasteiger partial charge < -0.3 is 15.5 Å². The van der Waals surface area contributed by atoms with Crippen molar-refractivity contribution in [2.75, 3.05) is 0 Å². The highest BCUT2D eigenvalue weighted by atomic mass is 16.5. The summed E-state index contributed by atoms with van der Waals surface area (Å²) in [4.78, 5) is 7.49. The molecule has 1 aromatic carbocycles. The Hall–Kier alpha value is -2.27. The highest BCUT2D eigenvalue weighted by Gasteiger charge is 2.13. The Kier molecular flexibility index (Phi) is 3.20. The monoisotopic (exact) mass is 270 g/mol. The number of nitrogens with two attached hydrogens (primary N) is 1. The third kappa shape index (κ3) is 2.16. The predicted octanol–water partition coefficient (Wildman–Crippen LogP) is 3.20. The number of H-pyrrole nitrogens is 1. The Labute approximate surface area is 117 Å². The largest absolute Gasteiger partial charge is 0.425 e. The lowest BCUT2D eigenvalue weighted by Gasteiger charge is -2.11. The summed E-state index contributed by atoms with van der Waals surface area (Å²) in [5.74, 6) is 0.761. The van der Waals surface area contributed by atoms with E-state index in [4.69, 9.17) is 10.5 Å². The van der Waals surface area contributed by atoms with Crippen LogP contribution in [-0.2, 0) is 6.54 Å². The van der Waals surface area contributed by atoms with Gasteiger partial charge in [0.15, 0.2) is 0 Å². The zero-order chi connectivity index (χ0) is 14.1. The third-order valence-electron chi connectivity index (χ3n) is 3.37. The zero-order valence-corrected chi connectivity index (χ0v) is 11.6. The van der Waals surface area contributed by atoms with Gasteiger partial charge in [-0.1, -0.05) is 0 Å². The second-order valence-corrected chi connectivity index (χ2v) is 4.83. The molecule has 2 aromatic heterocycles. The van der Waals surface area contributed by atoms with Crippen molar-refractivity contribution in [3.8, 4) is 11.8 Å². The van der Waals surface area contributed by atoms with Gasteiger partial charge in [-0.15, -0.1) is 0 Å². The smallest absolute Gasteiger partial charge is 0.302 e. The number of aromatic nitrogens is 3. The number of nitrogens with zero attached hydrogens (tertiary/aromatic N) is 2. The van der Waals surface area contributed by atoms with E-state index in [1.54, 1.807) is 6.20 Å². The minimum absolute atomic E-state index is 0.0642. The molecular weight excluding hydrogens is 252 g/mol. The van der Waals surface area contributed by atoms with Crippen LogP contribution in [-0.4, -0.2) is 14.5 Å². The second-order valence-electron chi connectivity index (χ2n) is 4.83. The van der Waals surface area contributed by atoms with Gasteiger partial charge >= 0.3 is 6.01 Å². The highest BCUT2D eigenvalue weighted by Crippen LogP contribution is 2.26. The number of nitrogens with one attached hydrogen (secondary N) is 1. The number of hydrogen-bond acceptors (Lipinski definition) is 3. The summed E-state index contributed by atoms with van der Waals surface area (Å²) in [6, 6.07) is 8.47. The van der Waals surface area contributed by atoms with Crippen LogP contribution in [0.2, 0.25) is 0 Å². The first-order chi connectivity index (χ1) is 9.69. The van der Waals surface area contributed by atoms with Crippen LogP contribution >= 0.6 is 0 Å². The molecule has 3 aromatic rings. The Balaban J connectivity index is 1.93. The van der Waals surface area contributed by atoms with Gasteiger partial charge in [0, 0.05) is 30.4 Å². The molecule has 0 aliphatic heterocycles. The highest BCUT2D eigenvalue weighted by molar-refractivity contribution is 5.80. The fourth-order valence-electron chi connectivity index (χ4n) is 2.33. The van der Waals surface area contributed by atoms with E-state index in [9.17, 15) is 0 Å². The molecule has 0 saturated carbocycles. The molecule has 1 atom stereocenters. The molecule has 0 bridgehead atoms. The van der Waals surface area contributed by atoms with Crippen LogP contribution < -0.4 is 10.5 Å². The maximum absolute atomic E-state index is 5.94. The summed E-state index contributed by atoms with van der Waals surface area (Å²) in [7, 11) is 0. The van der Waals surface area contributed by atoms with E-state index in [0.29, 0.717) is 6.01 Å². The molecule has 0 radical (unpaired) electrons. The average molecular weight is 270 g/mol. The molecule has 2 heterocycles. The summed E-state index contributed by atoms with van der Waals surface area (Å²) in [5, 5.41) is 1.16. The lowest BCUT2D eigenvalue weighted by atomic mass is 10.2. The van der Waals surface area contributed by atoms with Gasteiger partial charge in [-0.2, -0.15) is 0 Å². The van der Waals surface area contributed by atoms with Crippen molar-refractivity contribution in [3.63, 3.8) is 0 Å². The van der Waals surface area contributed by atoms with E-state index in [1.807, 2.05) is 42.0 Å². The van der Waals surface area contributed by atoms with Crippen molar-refractivity contribution in [2.24, 2.45) is 5.73 Å². The Morgan fingerprint density at radius 2 is 2.25 bits per heavy atom. The van der Waals surface area contributed by atoms with Crippen LogP contribution in [0.25, 0.3) is 10.9 Å². The first kappa shape index (κ1) is 12.7. The van der Waals surface area contributed by atoms with Gasteiger partial charge in [0.25, 0.3) is 0 Å². The molecule has 0 saturated heterocycles. The maximum Gasteiger partial charge on any atom is 0.302 e. The van der Waals surface area contributed by atoms with Crippen molar-refractivity contribution in [2.45, 2.75) is 26.4 Å². The van der Waals surface area contributed by atoms with Crippen LogP contribution in [0.4, 0.5) is 0 Å². The molecule has 0 aliphatic rings. The fraction of sp³-hybridized carbons (Fsp3) is 0.267. The van der Waals surface area contributed by atoms with Crippen molar-refractivity contribution in [1.82, 2.24) is 14.5 Å². The SMILES string of the molecule is CCn1c(C(C)N)cnc1Oc1ccc2cc[nH]c2c1. The molecule has 104 valence electrons. The lowest BCUT2D eigenvalue weighted by molar-refractivity contribution is 0.410. The number of imidazole rings is 1. The standard InChI is InChI=1S/C15H18N4O/c1-3-19-14(10(2)16)9-18-15(19)20-12-5-4-11-6-7-17-13(11)8-12/h4-10,17H,3,16H2,1-2H3. The molecule has 0 fully saturated rings. The summed E-state index contributed by atoms with van der Waals surface area (Å²) in [5.41, 5.74) is 7.96. The Morgan fingerprint density at radius 3 is 3.00 bits per heavy atom. The molecule has 3 N–H and O–H groups in total. The van der Waals surface area contributed by atoms with E-state index in [2.05, 4.69) is 16.9 Å². The minimum Gasteiger partial charge on any atom is -0.425 e. The van der Waals surface area contributed by atoms with Gasteiger partial charge in [-0.25, -0.2) is 4.98 Å². The van der Waals surface area contributed by atoms with Gasteiger partial charge in [0.05, 0.1) is 11.9 Å². The predicted molar refractivity (Wildman–Crippen MR) is 78.9 cm³/mol. The summed E-state index contributed by atoms with van der Waals surface area (Å²) >= 11 is 0. The molecule has 0 aliphatic carbocycles. The van der Waals surface area contributed by atoms with Crippen LogP contribution in [0.1, 0.15) is 25.6 Å². The summed E-state index contributed by atoms with van der Waals surface area (Å²) in [6.07, 6.45) is 3.69. The van der Waals surface area contributed by atoms with E-state index >= 15 is 0 Å². The van der Waals surface area contributed by atoms with Gasteiger partial charge in [-0.3, -0.25) is 4.57 Å². The van der Waals surface area contributed by atoms with E-state index in [0.717, 1.165) is 28.9 Å². The van der Waals surface area contributed by atoms with E-state index < -0.39 is 0 Å². The molecular formula is C15H18N4O. The molecule has 3 rings (SSSR count). The molecule has 0 amide bonds. The molecule has 0 spiro atoms. The Bertz CT molecular complexity index is 726. The second kappa shape index (κ2) is 5.02. The average Bonchev–Trinajstić information content (AvgIpc) is 3.04. The first-order valence-corrected chi connectivity index (χ1v) is 6.75. The topological polar surface area (TPSA) is 68.9 Å². The summed E-state index contributed by atoms with van der Waals surface area (Å²) in [6.45, 7) is 4.77. The number of hydrogen-bond donors (Lipinski definition) is 2.